The zero-order valence-corrected chi connectivity index (χ0v) is 13.8. The number of rotatable bonds is 6. The number of amidine groups is 2. The third-order valence-corrected chi connectivity index (χ3v) is 2.53. The van der Waals surface area contributed by atoms with Crippen molar-refractivity contribution in [1.82, 2.24) is 10.7 Å². The van der Waals surface area contributed by atoms with Crippen molar-refractivity contribution in [3.63, 3.8) is 0 Å². The van der Waals surface area contributed by atoms with Crippen LogP contribution < -0.4 is 10.7 Å². The molecule has 0 saturated heterocycles. The molecule has 0 saturated carbocycles. The zero-order chi connectivity index (χ0) is 18.2. The Kier molecular flexibility index (Phi) is 7.16. The molecule has 1 aromatic carbocycles. The lowest BCUT2D eigenvalue weighted by atomic mass is 10.2. The fourth-order valence-corrected chi connectivity index (χ4v) is 1.54. The zero-order valence-electron chi connectivity index (χ0n) is 13.8. The van der Waals surface area contributed by atoms with Gasteiger partial charge in [0.15, 0.2) is 0 Å². The standard InChI is InChI=1S/C16H20F3N5/c1-11(20-10-16(4,18)19)22-12(2)23-13(3)24-21-9-14-5-7-15(17)8-6-14/h5-9,24H,3,10H2,1-2,4H3,(H,20,22,23)/b21-9+. The van der Waals surface area contributed by atoms with Crippen molar-refractivity contribution in [2.45, 2.75) is 26.7 Å². The summed E-state index contributed by atoms with van der Waals surface area (Å²) < 4.78 is 38.2. The summed E-state index contributed by atoms with van der Waals surface area (Å²) in [6.07, 6.45) is 1.49. The van der Waals surface area contributed by atoms with E-state index in [0.29, 0.717) is 17.2 Å². The second-order valence-electron chi connectivity index (χ2n) is 5.16. The van der Waals surface area contributed by atoms with E-state index in [1.54, 1.807) is 19.1 Å². The van der Waals surface area contributed by atoms with Crippen LogP contribution in [-0.4, -0.2) is 30.4 Å². The molecule has 0 aliphatic heterocycles. The highest BCUT2D eigenvalue weighted by molar-refractivity contribution is 5.95. The minimum Gasteiger partial charge on any atom is -0.330 e. The van der Waals surface area contributed by atoms with Crippen LogP contribution in [0.3, 0.4) is 0 Å². The van der Waals surface area contributed by atoms with Gasteiger partial charge in [-0.1, -0.05) is 18.7 Å². The molecule has 8 heteroatoms. The number of hydrazone groups is 1. The molecule has 0 unspecified atom stereocenters. The topological polar surface area (TPSA) is 61.1 Å². The number of nitrogens with one attached hydrogen (secondary N) is 2. The van der Waals surface area contributed by atoms with Gasteiger partial charge in [0, 0.05) is 6.92 Å². The van der Waals surface area contributed by atoms with Gasteiger partial charge in [0.2, 0.25) is 0 Å². The first-order chi connectivity index (χ1) is 11.2. The molecule has 0 aromatic heterocycles. The van der Waals surface area contributed by atoms with E-state index in [1.807, 2.05) is 0 Å². The smallest absolute Gasteiger partial charge is 0.264 e. The fourth-order valence-electron chi connectivity index (χ4n) is 1.54. The molecule has 130 valence electrons. The van der Waals surface area contributed by atoms with E-state index in [1.165, 1.54) is 25.3 Å². The average molecular weight is 339 g/mol. The molecule has 0 radical (unpaired) electrons. The molecule has 0 aliphatic carbocycles. The molecule has 2 N–H and O–H groups in total. The molecule has 0 spiro atoms. The number of benzene rings is 1. The van der Waals surface area contributed by atoms with Gasteiger partial charge in [-0.15, -0.1) is 0 Å². The van der Waals surface area contributed by atoms with Crippen molar-refractivity contribution >= 4 is 17.9 Å². The Labute approximate surface area is 139 Å². The lowest BCUT2D eigenvalue weighted by Crippen LogP contribution is -2.27. The van der Waals surface area contributed by atoms with E-state index in [-0.39, 0.29) is 11.7 Å². The molecule has 0 heterocycles. The van der Waals surface area contributed by atoms with Gasteiger partial charge in [0.1, 0.15) is 29.9 Å². The fraction of sp³-hybridized carbons (Fsp3) is 0.312. The molecule has 5 nitrogen and oxygen atoms in total. The first kappa shape index (κ1) is 19.4. The summed E-state index contributed by atoms with van der Waals surface area (Å²) in [4.78, 5) is 7.70. The van der Waals surface area contributed by atoms with Crippen molar-refractivity contribution in [3.8, 4) is 0 Å². The molecule has 0 amide bonds. The Balaban J connectivity index is 2.48. The Bertz CT molecular complexity index is 643. The second-order valence-corrected chi connectivity index (χ2v) is 5.16. The van der Waals surface area contributed by atoms with Crippen LogP contribution in [0.4, 0.5) is 13.2 Å². The van der Waals surface area contributed by atoms with Gasteiger partial charge in [0.25, 0.3) is 5.92 Å². The molecule has 1 aromatic rings. The molecule has 0 fully saturated rings. The van der Waals surface area contributed by atoms with E-state index in [2.05, 4.69) is 32.4 Å². The lowest BCUT2D eigenvalue weighted by Gasteiger charge is -2.09. The number of aliphatic imine (C=N–C) groups is 2. The maximum atomic E-state index is 12.8. The van der Waals surface area contributed by atoms with Crippen LogP contribution in [0.1, 0.15) is 26.3 Å². The molecule has 0 bridgehead atoms. The maximum absolute atomic E-state index is 12.8. The van der Waals surface area contributed by atoms with Crippen LogP contribution in [0.2, 0.25) is 0 Å². The summed E-state index contributed by atoms with van der Waals surface area (Å²) in [5.41, 5.74) is 3.35. The van der Waals surface area contributed by atoms with Crippen LogP contribution in [-0.2, 0) is 0 Å². The Morgan fingerprint density at radius 2 is 1.88 bits per heavy atom. The number of alkyl halides is 2. The van der Waals surface area contributed by atoms with Crippen molar-refractivity contribution in [2.24, 2.45) is 15.1 Å². The molecular formula is C16H20F3N5. The predicted molar refractivity (Wildman–Crippen MR) is 91.1 cm³/mol. The van der Waals surface area contributed by atoms with Crippen LogP contribution in [0.5, 0.6) is 0 Å². The molecule has 1 rings (SSSR count). The van der Waals surface area contributed by atoms with E-state index >= 15 is 0 Å². The first-order valence-corrected chi connectivity index (χ1v) is 7.10. The lowest BCUT2D eigenvalue weighted by molar-refractivity contribution is 0.0326. The van der Waals surface area contributed by atoms with Gasteiger partial charge in [-0.05, 0) is 31.5 Å². The molecule has 0 atom stereocenters. The van der Waals surface area contributed by atoms with Crippen molar-refractivity contribution in [2.75, 3.05) is 6.54 Å². The largest absolute Gasteiger partial charge is 0.330 e. The van der Waals surface area contributed by atoms with E-state index in [0.717, 1.165) is 6.92 Å². The number of halogens is 3. The van der Waals surface area contributed by atoms with Crippen molar-refractivity contribution in [3.05, 3.63) is 48.0 Å². The summed E-state index contributed by atoms with van der Waals surface area (Å²) in [5.74, 6) is -2.20. The maximum Gasteiger partial charge on any atom is 0.264 e. The normalized spacial score (nSPS) is 13.2. The summed E-state index contributed by atoms with van der Waals surface area (Å²) in [6.45, 7) is 7.04. The monoisotopic (exact) mass is 339 g/mol. The first-order valence-electron chi connectivity index (χ1n) is 7.10. The molecule has 0 aliphatic rings. The van der Waals surface area contributed by atoms with Crippen LogP contribution in [0.25, 0.3) is 0 Å². The van der Waals surface area contributed by atoms with Gasteiger partial charge in [-0.2, -0.15) is 5.10 Å². The van der Waals surface area contributed by atoms with E-state index in [9.17, 15) is 13.2 Å². The van der Waals surface area contributed by atoms with Crippen molar-refractivity contribution in [1.29, 1.82) is 0 Å². The average Bonchev–Trinajstić information content (AvgIpc) is 2.46. The highest BCUT2D eigenvalue weighted by Gasteiger charge is 2.19. The third-order valence-electron chi connectivity index (χ3n) is 2.53. The van der Waals surface area contributed by atoms with E-state index < -0.39 is 12.5 Å². The second kappa shape index (κ2) is 8.85. The van der Waals surface area contributed by atoms with Crippen molar-refractivity contribution < 1.29 is 13.2 Å². The Morgan fingerprint density at radius 3 is 2.46 bits per heavy atom. The minimum atomic E-state index is -2.86. The Morgan fingerprint density at radius 1 is 1.25 bits per heavy atom. The SMILES string of the molecule is C=C(N/N=C/c1ccc(F)cc1)NC(C)=NC(C)=NCC(C)(F)F. The van der Waals surface area contributed by atoms with Gasteiger partial charge < -0.3 is 5.32 Å². The van der Waals surface area contributed by atoms with Crippen LogP contribution >= 0.6 is 0 Å². The number of hydrogen-bond acceptors (Lipinski definition) is 3. The van der Waals surface area contributed by atoms with Gasteiger partial charge >= 0.3 is 0 Å². The number of hydrogen-bond donors (Lipinski definition) is 2. The number of nitrogens with zero attached hydrogens (tertiary/aromatic N) is 3. The quantitative estimate of drug-likeness (QED) is 0.475. The summed E-state index contributed by atoms with van der Waals surface area (Å²) >= 11 is 0. The highest BCUT2D eigenvalue weighted by atomic mass is 19.3. The van der Waals surface area contributed by atoms with E-state index in [4.69, 9.17) is 0 Å². The summed E-state index contributed by atoms with van der Waals surface area (Å²) in [5, 5.41) is 6.73. The minimum absolute atomic E-state index is 0.226. The Hall–Kier alpha value is -2.64. The summed E-state index contributed by atoms with van der Waals surface area (Å²) in [6, 6.07) is 5.81. The highest BCUT2D eigenvalue weighted by Crippen LogP contribution is 2.11. The van der Waals surface area contributed by atoms with Crippen LogP contribution in [0, 0.1) is 5.82 Å². The molecular weight excluding hydrogens is 319 g/mol. The summed E-state index contributed by atoms with van der Waals surface area (Å²) in [7, 11) is 0. The predicted octanol–water partition coefficient (Wildman–Crippen LogP) is 3.30. The van der Waals surface area contributed by atoms with Gasteiger partial charge in [0.05, 0.1) is 6.21 Å². The van der Waals surface area contributed by atoms with Crippen LogP contribution in [0.15, 0.2) is 51.8 Å². The van der Waals surface area contributed by atoms with Gasteiger partial charge in [-0.3, -0.25) is 10.4 Å². The third kappa shape index (κ3) is 8.72. The molecule has 24 heavy (non-hydrogen) atoms. The van der Waals surface area contributed by atoms with Gasteiger partial charge in [-0.25, -0.2) is 18.2 Å².